The Labute approximate surface area is 146 Å². The Balaban J connectivity index is 1.27. The van der Waals surface area contributed by atoms with Crippen LogP contribution < -0.4 is 10.6 Å². The molecule has 6 heteroatoms. The third kappa shape index (κ3) is 3.52. The molecule has 132 valence electrons. The third-order valence-electron chi connectivity index (χ3n) is 5.52. The first-order valence-corrected chi connectivity index (χ1v) is 9.21. The molecule has 0 radical (unpaired) electrons. The Morgan fingerprint density at radius 1 is 1.16 bits per heavy atom. The second-order valence-electron chi connectivity index (χ2n) is 7.26. The number of fused-ring (bicyclic) bond motifs is 1. The molecule has 0 bridgehead atoms. The zero-order valence-corrected chi connectivity index (χ0v) is 14.3. The summed E-state index contributed by atoms with van der Waals surface area (Å²) >= 11 is 0. The van der Waals surface area contributed by atoms with E-state index in [1.54, 1.807) is 0 Å². The van der Waals surface area contributed by atoms with Gasteiger partial charge in [0.1, 0.15) is 11.9 Å². The van der Waals surface area contributed by atoms with Crippen LogP contribution in [0.1, 0.15) is 50.3 Å². The van der Waals surface area contributed by atoms with Crippen molar-refractivity contribution in [2.75, 3.05) is 6.54 Å². The Hall–Kier alpha value is -2.37. The van der Waals surface area contributed by atoms with Crippen LogP contribution in [0, 0.1) is 5.92 Å². The minimum atomic E-state index is -0.334. The van der Waals surface area contributed by atoms with Gasteiger partial charge in [0.15, 0.2) is 0 Å². The summed E-state index contributed by atoms with van der Waals surface area (Å²) in [6, 6.07) is 7.81. The zero-order chi connectivity index (χ0) is 17.2. The summed E-state index contributed by atoms with van der Waals surface area (Å²) in [6.45, 7) is 0.706. The Bertz CT molecular complexity index is 744. The number of benzene rings is 1. The fourth-order valence-corrected chi connectivity index (χ4v) is 3.98. The summed E-state index contributed by atoms with van der Waals surface area (Å²) in [5, 5.41) is 5.73. The van der Waals surface area contributed by atoms with Gasteiger partial charge in [-0.2, -0.15) is 0 Å². The molecule has 3 N–H and O–H groups in total. The fraction of sp³-hybridized carbons (Fsp3) is 0.526. The number of aromatic amines is 1. The highest BCUT2D eigenvalue weighted by Gasteiger charge is 2.29. The van der Waals surface area contributed by atoms with Crippen molar-refractivity contribution in [2.45, 2.75) is 50.5 Å². The van der Waals surface area contributed by atoms with E-state index in [4.69, 9.17) is 4.98 Å². The first-order valence-electron chi connectivity index (χ1n) is 9.21. The number of hydrogen-bond donors (Lipinski definition) is 3. The van der Waals surface area contributed by atoms with Crippen LogP contribution >= 0.6 is 0 Å². The smallest absolute Gasteiger partial charge is 0.242 e. The van der Waals surface area contributed by atoms with E-state index in [9.17, 15) is 9.59 Å². The summed E-state index contributed by atoms with van der Waals surface area (Å²) in [7, 11) is 0. The van der Waals surface area contributed by atoms with Gasteiger partial charge in [-0.15, -0.1) is 0 Å². The van der Waals surface area contributed by atoms with Crippen LogP contribution in [-0.2, 0) is 9.59 Å². The topological polar surface area (TPSA) is 86.9 Å². The molecule has 2 heterocycles. The summed E-state index contributed by atoms with van der Waals surface area (Å²) in [5.41, 5.74) is 2.14. The Kier molecular flexibility index (Phi) is 4.42. The number of aromatic nitrogens is 2. The van der Waals surface area contributed by atoms with Crippen LogP contribution in [0.3, 0.4) is 0 Å². The molecular formula is C19H24N4O2. The number of rotatable bonds is 4. The highest BCUT2D eigenvalue weighted by Crippen LogP contribution is 2.35. The molecule has 6 nitrogen and oxygen atoms in total. The van der Waals surface area contributed by atoms with E-state index in [0.29, 0.717) is 31.2 Å². The highest BCUT2D eigenvalue weighted by atomic mass is 16.2. The van der Waals surface area contributed by atoms with Crippen LogP contribution in [0.25, 0.3) is 11.0 Å². The molecule has 0 unspecified atom stereocenters. The molecule has 2 fully saturated rings. The first-order chi connectivity index (χ1) is 12.2. The minimum Gasteiger partial charge on any atom is -0.354 e. The molecule has 1 aromatic carbocycles. The normalized spacial score (nSPS) is 26.6. The monoisotopic (exact) mass is 340 g/mol. The molecular weight excluding hydrogens is 316 g/mol. The van der Waals surface area contributed by atoms with Gasteiger partial charge in [-0.1, -0.05) is 12.1 Å². The largest absolute Gasteiger partial charge is 0.354 e. The van der Waals surface area contributed by atoms with Gasteiger partial charge in [-0.25, -0.2) is 4.98 Å². The maximum absolute atomic E-state index is 12.1. The average Bonchev–Trinajstić information content (AvgIpc) is 3.26. The summed E-state index contributed by atoms with van der Waals surface area (Å²) in [4.78, 5) is 31.5. The lowest BCUT2D eigenvalue weighted by Crippen LogP contribution is -2.43. The molecule has 1 saturated carbocycles. The quantitative estimate of drug-likeness (QED) is 0.798. The molecule has 25 heavy (non-hydrogen) atoms. The maximum atomic E-state index is 12.1. The van der Waals surface area contributed by atoms with Crippen molar-refractivity contribution in [3.8, 4) is 0 Å². The van der Waals surface area contributed by atoms with E-state index in [2.05, 4.69) is 21.7 Å². The summed E-state index contributed by atoms with van der Waals surface area (Å²) < 4.78 is 0. The number of carbonyl (C=O) groups excluding carboxylic acids is 2. The van der Waals surface area contributed by atoms with Gasteiger partial charge in [0, 0.05) is 18.9 Å². The number of carbonyl (C=O) groups is 2. The van der Waals surface area contributed by atoms with Gasteiger partial charge in [0.05, 0.1) is 11.0 Å². The number of para-hydroxylation sites is 2. The van der Waals surface area contributed by atoms with Crippen LogP contribution in [0.5, 0.6) is 0 Å². The van der Waals surface area contributed by atoms with Crippen LogP contribution in [0.4, 0.5) is 0 Å². The van der Waals surface area contributed by atoms with Crippen molar-refractivity contribution >= 4 is 22.8 Å². The summed E-state index contributed by atoms with van der Waals surface area (Å²) in [5.74, 6) is 2.03. The Morgan fingerprint density at radius 3 is 2.68 bits per heavy atom. The molecule has 1 aliphatic carbocycles. The molecule has 4 rings (SSSR count). The van der Waals surface area contributed by atoms with Gasteiger partial charge < -0.3 is 15.6 Å². The van der Waals surface area contributed by atoms with Crippen molar-refractivity contribution in [3.63, 3.8) is 0 Å². The SMILES string of the molecule is O=C1CC[C@@H](C(=O)NCC2CCC(c3nc4ccccc4[nH]3)CC2)N1. The molecule has 2 aromatic rings. The highest BCUT2D eigenvalue weighted by molar-refractivity contribution is 5.90. The molecule has 2 amide bonds. The lowest BCUT2D eigenvalue weighted by Gasteiger charge is -2.27. The van der Waals surface area contributed by atoms with Crippen molar-refractivity contribution in [3.05, 3.63) is 30.1 Å². The summed E-state index contributed by atoms with van der Waals surface area (Å²) in [6.07, 6.45) is 5.46. The predicted molar refractivity (Wildman–Crippen MR) is 95.0 cm³/mol. The molecule has 1 aliphatic heterocycles. The van der Waals surface area contributed by atoms with Crippen LogP contribution in [0.2, 0.25) is 0 Å². The molecule has 0 spiro atoms. The van der Waals surface area contributed by atoms with Crippen LogP contribution in [-0.4, -0.2) is 34.4 Å². The van der Waals surface area contributed by atoms with Crippen molar-refractivity contribution in [1.82, 2.24) is 20.6 Å². The van der Waals surface area contributed by atoms with E-state index in [1.165, 1.54) is 0 Å². The zero-order valence-electron chi connectivity index (χ0n) is 14.3. The maximum Gasteiger partial charge on any atom is 0.242 e. The van der Waals surface area contributed by atoms with Gasteiger partial charge in [-0.3, -0.25) is 9.59 Å². The van der Waals surface area contributed by atoms with E-state index >= 15 is 0 Å². The van der Waals surface area contributed by atoms with Gasteiger partial charge in [0.2, 0.25) is 11.8 Å². The van der Waals surface area contributed by atoms with E-state index in [1.807, 2.05) is 18.2 Å². The number of imidazole rings is 1. The molecule has 1 saturated heterocycles. The van der Waals surface area contributed by atoms with Crippen molar-refractivity contribution < 1.29 is 9.59 Å². The first kappa shape index (κ1) is 16.1. The molecule has 1 atom stereocenters. The fourth-order valence-electron chi connectivity index (χ4n) is 3.98. The Morgan fingerprint density at radius 2 is 1.96 bits per heavy atom. The lowest BCUT2D eigenvalue weighted by molar-refractivity contribution is -0.125. The van der Waals surface area contributed by atoms with Crippen molar-refractivity contribution in [2.24, 2.45) is 5.92 Å². The van der Waals surface area contributed by atoms with Gasteiger partial charge in [0.25, 0.3) is 0 Å². The van der Waals surface area contributed by atoms with E-state index in [-0.39, 0.29) is 17.9 Å². The predicted octanol–water partition coefficient (Wildman–Crippen LogP) is 2.23. The third-order valence-corrected chi connectivity index (χ3v) is 5.52. The minimum absolute atomic E-state index is 0.0218. The van der Waals surface area contributed by atoms with E-state index < -0.39 is 0 Å². The molecule has 2 aliphatic rings. The number of H-pyrrole nitrogens is 1. The average molecular weight is 340 g/mol. The standard InChI is InChI=1S/C19H24N4O2/c24-17-10-9-16(21-17)19(25)20-11-12-5-7-13(8-6-12)18-22-14-3-1-2-4-15(14)23-18/h1-4,12-13,16H,5-11H2,(H,20,25)(H,21,24)(H,22,23)/t12?,13?,16-/m0/s1. The number of nitrogens with one attached hydrogen (secondary N) is 3. The van der Waals surface area contributed by atoms with Gasteiger partial charge in [-0.05, 0) is 50.2 Å². The number of amides is 2. The molecule has 1 aromatic heterocycles. The number of nitrogens with zero attached hydrogens (tertiary/aromatic N) is 1. The van der Waals surface area contributed by atoms with Crippen LogP contribution in [0.15, 0.2) is 24.3 Å². The lowest BCUT2D eigenvalue weighted by atomic mass is 9.81. The number of hydrogen-bond acceptors (Lipinski definition) is 3. The second-order valence-corrected chi connectivity index (χ2v) is 7.26. The second kappa shape index (κ2) is 6.86. The van der Waals surface area contributed by atoms with Gasteiger partial charge >= 0.3 is 0 Å². The van der Waals surface area contributed by atoms with E-state index in [0.717, 1.165) is 42.5 Å². The van der Waals surface area contributed by atoms with Crippen molar-refractivity contribution in [1.29, 1.82) is 0 Å².